The molecule has 1 aliphatic rings. The van der Waals surface area contributed by atoms with Crippen LogP contribution in [0, 0.1) is 0 Å². The number of pyridine rings is 2. The third-order valence-electron chi connectivity index (χ3n) is 7.45. The maximum absolute atomic E-state index is 13.9. The van der Waals surface area contributed by atoms with E-state index < -0.39 is 23.8 Å². The van der Waals surface area contributed by atoms with E-state index in [-0.39, 0.29) is 45.1 Å². The molecule has 5 rings (SSSR count). The van der Waals surface area contributed by atoms with E-state index in [9.17, 15) is 27.9 Å². The fraction of sp³-hybridized carbons (Fsp3) is 0.310. The van der Waals surface area contributed by atoms with Crippen LogP contribution in [0.1, 0.15) is 50.2 Å². The van der Waals surface area contributed by atoms with Crippen LogP contribution >= 0.6 is 11.3 Å². The normalized spacial score (nSPS) is 15.0. The van der Waals surface area contributed by atoms with Crippen molar-refractivity contribution in [3.63, 3.8) is 0 Å². The maximum atomic E-state index is 13.9. The number of alkyl halides is 3. The summed E-state index contributed by atoms with van der Waals surface area (Å²) in [5.74, 6) is -0.933. The van der Waals surface area contributed by atoms with Gasteiger partial charge in [0, 0.05) is 55.4 Å². The van der Waals surface area contributed by atoms with Gasteiger partial charge in [-0.1, -0.05) is 18.2 Å². The number of halogens is 3. The summed E-state index contributed by atoms with van der Waals surface area (Å²) >= 11 is 0.753. The van der Waals surface area contributed by atoms with Crippen LogP contribution in [-0.2, 0) is 6.18 Å². The van der Waals surface area contributed by atoms with Gasteiger partial charge in [-0.25, -0.2) is 4.98 Å². The number of carbonyl (C=O) groups excluding carboxylic acids is 2. The quantitative estimate of drug-likeness (QED) is 0.201. The second-order valence-electron chi connectivity index (χ2n) is 10.2. The Morgan fingerprint density at radius 3 is 2.53 bits per heavy atom. The standard InChI is InChI=1S/C29H30F3N7O3S/c1-35-27(42)16-4-2-3-15(11-16)17-5-6-20(37-13-17)21(40)14-36-18-7-9-39(10-8-18)22-12-19(29(30,31)32)23-24(33)25(26(34)41)43-28(23)38-22/h2-6,11-13,18,21,36,40H,7-10,14,33H2,1H3,(H2,34,41)(H,35,42). The lowest BCUT2D eigenvalue weighted by molar-refractivity contribution is -0.136. The molecular formula is C29H30F3N7O3S. The van der Waals surface area contributed by atoms with Gasteiger partial charge in [-0.2, -0.15) is 13.2 Å². The van der Waals surface area contributed by atoms with Gasteiger partial charge < -0.3 is 32.1 Å². The molecule has 7 N–H and O–H groups in total. The number of benzene rings is 1. The SMILES string of the molecule is CNC(=O)c1cccc(-c2ccc(C(O)CNC3CCN(c4cc(C(F)(F)F)c5c(N)c(C(N)=O)sc5n4)CC3)nc2)c1. The van der Waals surface area contributed by atoms with Gasteiger partial charge in [0.1, 0.15) is 21.6 Å². The van der Waals surface area contributed by atoms with Crippen LogP contribution in [0.25, 0.3) is 21.3 Å². The first kappa shape index (κ1) is 30.2. The summed E-state index contributed by atoms with van der Waals surface area (Å²) in [4.78, 5) is 34.0. The Balaban J connectivity index is 1.20. The minimum Gasteiger partial charge on any atom is -0.397 e. The Kier molecular flexibility index (Phi) is 8.53. The van der Waals surface area contributed by atoms with Crippen molar-refractivity contribution in [3.8, 4) is 11.1 Å². The van der Waals surface area contributed by atoms with E-state index in [0.717, 1.165) is 28.5 Å². The molecule has 2 amide bonds. The molecule has 4 aromatic rings. The third-order valence-corrected chi connectivity index (χ3v) is 8.56. The highest BCUT2D eigenvalue weighted by Gasteiger charge is 2.37. The van der Waals surface area contributed by atoms with E-state index in [0.29, 0.717) is 37.2 Å². The monoisotopic (exact) mass is 613 g/mol. The van der Waals surface area contributed by atoms with E-state index >= 15 is 0 Å². The molecule has 226 valence electrons. The zero-order valence-corrected chi connectivity index (χ0v) is 23.9. The first-order valence-electron chi connectivity index (χ1n) is 13.5. The molecule has 4 heterocycles. The number of anilines is 2. The van der Waals surface area contributed by atoms with Gasteiger partial charge in [0.15, 0.2) is 0 Å². The van der Waals surface area contributed by atoms with Crippen LogP contribution in [0.15, 0.2) is 48.7 Å². The number of nitrogen functional groups attached to an aromatic ring is 1. The molecule has 1 atom stereocenters. The Morgan fingerprint density at radius 1 is 1.16 bits per heavy atom. The number of carbonyl (C=O) groups is 2. The van der Waals surface area contributed by atoms with Crippen LogP contribution < -0.4 is 27.0 Å². The number of rotatable bonds is 8. The fourth-order valence-electron chi connectivity index (χ4n) is 5.13. The number of hydrogen-bond acceptors (Lipinski definition) is 9. The average Bonchev–Trinajstić information content (AvgIpc) is 3.35. The maximum Gasteiger partial charge on any atom is 0.417 e. The number of primary amides is 1. The third kappa shape index (κ3) is 6.40. The van der Waals surface area contributed by atoms with Crippen LogP contribution in [0.4, 0.5) is 24.7 Å². The van der Waals surface area contributed by atoms with Gasteiger partial charge in [0.05, 0.1) is 16.9 Å². The number of piperidine rings is 1. The number of fused-ring (bicyclic) bond motifs is 1. The Morgan fingerprint density at radius 2 is 1.91 bits per heavy atom. The van der Waals surface area contributed by atoms with E-state index in [4.69, 9.17) is 11.5 Å². The highest BCUT2D eigenvalue weighted by atomic mass is 32.1. The number of nitrogens with one attached hydrogen (secondary N) is 2. The molecular weight excluding hydrogens is 583 g/mol. The number of thiophene rings is 1. The van der Waals surface area contributed by atoms with Crippen LogP contribution in [0.2, 0.25) is 0 Å². The molecule has 1 unspecified atom stereocenters. The van der Waals surface area contributed by atoms with Gasteiger partial charge in [-0.15, -0.1) is 11.3 Å². The number of nitrogens with zero attached hydrogens (tertiary/aromatic N) is 3. The van der Waals surface area contributed by atoms with E-state index in [1.165, 1.54) is 0 Å². The average molecular weight is 614 g/mol. The van der Waals surface area contributed by atoms with E-state index in [2.05, 4.69) is 20.6 Å². The van der Waals surface area contributed by atoms with Gasteiger partial charge in [-0.3, -0.25) is 14.6 Å². The topological polar surface area (TPSA) is 159 Å². The molecule has 1 aromatic carbocycles. The predicted octanol–water partition coefficient (Wildman–Crippen LogP) is 3.71. The van der Waals surface area contributed by atoms with E-state index in [1.807, 2.05) is 12.1 Å². The van der Waals surface area contributed by atoms with Crippen molar-refractivity contribution in [2.45, 2.75) is 31.2 Å². The molecule has 0 bridgehead atoms. The summed E-state index contributed by atoms with van der Waals surface area (Å²) in [6, 6.07) is 11.7. The number of nitrogens with two attached hydrogens (primary N) is 2. The number of aliphatic hydroxyl groups excluding tert-OH is 1. The minimum atomic E-state index is -4.70. The van der Waals surface area contributed by atoms with Gasteiger partial charge in [0.2, 0.25) is 0 Å². The van der Waals surface area contributed by atoms with Crippen molar-refractivity contribution in [1.82, 2.24) is 20.6 Å². The molecule has 3 aromatic heterocycles. The summed E-state index contributed by atoms with van der Waals surface area (Å²) in [5.41, 5.74) is 12.5. The van der Waals surface area contributed by atoms with Crippen molar-refractivity contribution in [1.29, 1.82) is 0 Å². The Hall–Kier alpha value is -4.27. The second-order valence-corrected chi connectivity index (χ2v) is 11.2. The predicted molar refractivity (Wildman–Crippen MR) is 159 cm³/mol. The number of aliphatic hydroxyl groups is 1. The molecule has 0 radical (unpaired) electrons. The van der Waals surface area contributed by atoms with Crippen molar-refractivity contribution in [2.75, 3.05) is 37.3 Å². The number of aromatic nitrogens is 2. The molecule has 1 fully saturated rings. The minimum absolute atomic E-state index is 0.0113. The van der Waals surface area contributed by atoms with Crippen LogP contribution in [0.5, 0.6) is 0 Å². The Bertz CT molecular complexity index is 1650. The molecule has 0 aliphatic carbocycles. The van der Waals surface area contributed by atoms with Crippen molar-refractivity contribution >= 4 is 44.9 Å². The second kappa shape index (κ2) is 12.1. The van der Waals surface area contributed by atoms with Crippen LogP contribution in [0.3, 0.4) is 0 Å². The van der Waals surface area contributed by atoms with Crippen molar-refractivity contribution in [3.05, 3.63) is 70.4 Å². The lowest BCUT2D eigenvalue weighted by Crippen LogP contribution is -2.44. The summed E-state index contributed by atoms with van der Waals surface area (Å²) in [5, 5.41) is 16.3. The zero-order valence-electron chi connectivity index (χ0n) is 23.1. The lowest BCUT2D eigenvalue weighted by atomic mass is 10.0. The molecule has 10 nitrogen and oxygen atoms in total. The summed E-state index contributed by atoms with van der Waals surface area (Å²) in [6.45, 7) is 1.13. The summed E-state index contributed by atoms with van der Waals surface area (Å²) in [7, 11) is 1.57. The summed E-state index contributed by atoms with van der Waals surface area (Å²) < 4.78 is 41.8. The highest BCUT2D eigenvalue weighted by Crippen LogP contribution is 2.43. The molecule has 0 saturated carbocycles. The fourth-order valence-corrected chi connectivity index (χ4v) is 6.10. The first-order chi connectivity index (χ1) is 20.5. The van der Waals surface area contributed by atoms with Crippen molar-refractivity contribution < 1.29 is 27.9 Å². The number of hydrogen-bond donors (Lipinski definition) is 5. The molecule has 1 saturated heterocycles. The van der Waals surface area contributed by atoms with E-state index in [1.54, 1.807) is 42.4 Å². The summed E-state index contributed by atoms with van der Waals surface area (Å²) in [6.07, 6.45) is -2.70. The highest BCUT2D eigenvalue weighted by molar-refractivity contribution is 7.21. The number of amides is 2. The zero-order chi connectivity index (χ0) is 30.9. The lowest BCUT2D eigenvalue weighted by Gasteiger charge is -2.34. The van der Waals surface area contributed by atoms with Gasteiger partial charge in [0.25, 0.3) is 11.8 Å². The molecule has 0 spiro atoms. The smallest absolute Gasteiger partial charge is 0.397 e. The van der Waals surface area contributed by atoms with Crippen molar-refractivity contribution in [2.24, 2.45) is 5.73 Å². The molecule has 14 heteroatoms. The van der Waals surface area contributed by atoms with Gasteiger partial charge >= 0.3 is 6.18 Å². The molecule has 1 aliphatic heterocycles. The first-order valence-corrected chi connectivity index (χ1v) is 14.3. The molecule has 43 heavy (non-hydrogen) atoms. The largest absolute Gasteiger partial charge is 0.417 e. The Labute approximate surface area is 248 Å². The van der Waals surface area contributed by atoms with Gasteiger partial charge in [-0.05, 0) is 42.7 Å². The van der Waals surface area contributed by atoms with Crippen LogP contribution in [-0.4, -0.2) is 59.6 Å².